The summed E-state index contributed by atoms with van der Waals surface area (Å²) in [5, 5.41) is 30.9. The number of ether oxygens (including phenoxy) is 4. The Balaban J connectivity index is 2.48. The molecule has 12 nitrogen and oxygen atoms in total. The van der Waals surface area contributed by atoms with Gasteiger partial charge in [-0.2, -0.15) is 8.42 Å². The van der Waals surface area contributed by atoms with Crippen molar-refractivity contribution in [3.05, 3.63) is 72.9 Å². The van der Waals surface area contributed by atoms with Crippen LogP contribution in [0.5, 0.6) is 0 Å². The van der Waals surface area contributed by atoms with Gasteiger partial charge in [0.05, 0.1) is 6.61 Å². The van der Waals surface area contributed by atoms with Crippen LogP contribution in [0.25, 0.3) is 0 Å². The van der Waals surface area contributed by atoms with Gasteiger partial charge in [0.1, 0.15) is 36.8 Å². The third kappa shape index (κ3) is 32.7. The molecule has 0 radical (unpaired) electrons. The minimum absolute atomic E-state index is 0.0820. The monoisotopic (exact) mass is 895 g/mol. The number of hydrogen-bond acceptors (Lipinski definition) is 11. The number of esters is 2. The van der Waals surface area contributed by atoms with Crippen molar-refractivity contribution in [3.8, 4) is 0 Å². The fraction of sp³-hybridized carbons (Fsp3) is 0.714. The minimum Gasteiger partial charge on any atom is -0.462 e. The number of rotatable bonds is 38. The van der Waals surface area contributed by atoms with Gasteiger partial charge in [0.2, 0.25) is 0 Å². The molecule has 1 aliphatic rings. The van der Waals surface area contributed by atoms with Crippen LogP contribution in [0.4, 0.5) is 0 Å². The molecular formula is C49H82O12S. The first-order valence-electron chi connectivity index (χ1n) is 23.5. The van der Waals surface area contributed by atoms with Crippen molar-refractivity contribution < 1.29 is 56.8 Å². The first-order valence-corrected chi connectivity index (χ1v) is 25.1. The number of unbranched alkanes of at least 4 members (excludes halogenated alkanes) is 14. The number of aliphatic hydroxyl groups excluding tert-OH is 3. The number of aliphatic hydroxyl groups is 3. The van der Waals surface area contributed by atoms with E-state index in [9.17, 15) is 37.9 Å². The highest BCUT2D eigenvalue weighted by Gasteiger charge is 2.46. The molecule has 0 saturated carbocycles. The van der Waals surface area contributed by atoms with Crippen LogP contribution in [0.1, 0.15) is 168 Å². The average Bonchev–Trinajstić information content (AvgIpc) is 3.24. The lowest BCUT2D eigenvalue weighted by atomic mass is 10.00. The van der Waals surface area contributed by atoms with Crippen LogP contribution < -0.4 is 0 Å². The van der Waals surface area contributed by atoms with E-state index in [0.29, 0.717) is 19.3 Å². The van der Waals surface area contributed by atoms with Gasteiger partial charge >= 0.3 is 11.9 Å². The summed E-state index contributed by atoms with van der Waals surface area (Å²) in [6.07, 6.45) is 39.5. The molecule has 1 aliphatic heterocycles. The summed E-state index contributed by atoms with van der Waals surface area (Å²) in [7, 11) is -4.61. The van der Waals surface area contributed by atoms with Gasteiger partial charge in [-0.15, -0.1) is 0 Å². The highest BCUT2D eigenvalue weighted by Crippen LogP contribution is 2.24. The molecule has 6 atom stereocenters. The number of carbonyl (C=O) groups excluding carboxylic acids is 2. The Morgan fingerprint density at radius 2 is 1.03 bits per heavy atom. The second-order valence-electron chi connectivity index (χ2n) is 16.0. The molecule has 1 saturated heterocycles. The van der Waals surface area contributed by atoms with Crippen molar-refractivity contribution in [2.75, 3.05) is 19.0 Å². The van der Waals surface area contributed by atoms with E-state index < -0.39 is 71.2 Å². The molecule has 0 spiro atoms. The molecule has 356 valence electrons. The molecule has 6 unspecified atom stereocenters. The zero-order valence-electron chi connectivity index (χ0n) is 37.9. The third-order valence-corrected chi connectivity index (χ3v) is 11.0. The molecule has 62 heavy (non-hydrogen) atoms. The smallest absolute Gasteiger partial charge is 0.306 e. The normalized spacial score (nSPS) is 20.5. The van der Waals surface area contributed by atoms with E-state index in [1.54, 1.807) is 0 Å². The van der Waals surface area contributed by atoms with Crippen molar-refractivity contribution >= 4 is 22.1 Å². The van der Waals surface area contributed by atoms with Gasteiger partial charge in [-0.1, -0.05) is 151 Å². The number of carbonyl (C=O) groups is 2. The predicted molar refractivity (Wildman–Crippen MR) is 247 cm³/mol. The standard InChI is InChI=1S/C49H82O12S/c1-3-5-7-9-11-13-15-17-19-21-23-25-27-29-31-33-35-37-44(50)58-39-42(40-59-49-48(54)47(53)46(52)43(61-49)41-62(55,56)57)60-45(51)38-36-34-32-30-28-26-24-22-20-18-16-14-12-10-8-6-4-2/h6,8,12,14,17-20,24,26,30,32,42-43,46-49,52-54H,3-5,7,9-11,13,15-16,21-23,25,27-29,31,33-41H2,1-2H3,(H,55,56,57)/b8-6-,14-12-,19-17-,20-18-,26-24-,32-30-. The third-order valence-electron chi connectivity index (χ3n) is 10.3. The van der Waals surface area contributed by atoms with Crippen LogP contribution in [0.15, 0.2) is 72.9 Å². The maximum Gasteiger partial charge on any atom is 0.306 e. The summed E-state index contributed by atoms with van der Waals surface area (Å²) < 4.78 is 54.0. The maximum absolute atomic E-state index is 12.8. The molecule has 1 rings (SSSR count). The maximum atomic E-state index is 12.8. The highest BCUT2D eigenvalue weighted by molar-refractivity contribution is 7.85. The molecular weight excluding hydrogens is 813 g/mol. The van der Waals surface area contributed by atoms with E-state index in [1.165, 1.54) is 57.8 Å². The van der Waals surface area contributed by atoms with E-state index in [-0.39, 0.29) is 19.4 Å². The quantitative estimate of drug-likeness (QED) is 0.0199. The molecule has 0 aromatic carbocycles. The van der Waals surface area contributed by atoms with Crippen LogP contribution in [0.3, 0.4) is 0 Å². The Hall–Kier alpha value is -2.91. The van der Waals surface area contributed by atoms with Crippen molar-refractivity contribution in [2.24, 2.45) is 0 Å². The molecule has 0 aliphatic carbocycles. The molecule has 0 amide bonds. The Kier molecular flexibility index (Phi) is 35.5. The molecule has 1 fully saturated rings. The topological polar surface area (TPSA) is 186 Å². The second kappa shape index (κ2) is 38.5. The fourth-order valence-electron chi connectivity index (χ4n) is 6.65. The average molecular weight is 895 g/mol. The van der Waals surface area contributed by atoms with Crippen LogP contribution in [-0.2, 0) is 38.7 Å². The lowest BCUT2D eigenvalue weighted by molar-refractivity contribution is -0.297. The first kappa shape index (κ1) is 57.1. The largest absolute Gasteiger partial charge is 0.462 e. The van der Waals surface area contributed by atoms with E-state index in [0.717, 1.165) is 64.2 Å². The Morgan fingerprint density at radius 3 is 1.58 bits per heavy atom. The van der Waals surface area contributed by atoms with Crippen LogP contribution in [0, 0.1) is 0 Å². The van der Waals surface area contributed by atoms with Gasteiger partial charge in [0.25, 0.3) is 10.1 Å². The Labute approximate surface area is 374 Å². The molecule has 0 aromatic heterocycles. The lowest BCUT2D eigenvalue weighted by Gasteiger charge is -2.40. The summed E-state index contributed by atoms with van der Waals surface area (Å²) in [5.41, 5.74) is 0. The summed E-state index contributed by atoms with van der Waals surface area (Å²) in [6, 6.07) is 0. The SMILES string of the molecule is CC/C=C\C/C=C\C/C=C\C/C=C\C/C=C\CCCC(=O)OC(COC(=O)CCCCCCCCC/C=C\CCCCCCCC)COC1OC(CS(=O)(=O)O)C(O)C(O)C1O. The van der Waals surface area contributed by atoms with Crippen LogP contribution >= 0.6 is 0 Å². The molecule has 4 N–H and O–H groups in total. The Morgan fingerprint density at radius 1 is 0.565 bits per heavy atom. The van der Waals surface area contributed by atoms with Crippen molar-refractivity contribution in [2.45, 2.75) is 205 Å². The predicted octanol–water partition coefficient (Wildman–Crippen LogP) is 9.89. The zero-order chi connectivity index (χ0) is 45.5. The van der Waals surface area contributed by atoms with Gasteiger partial charge in [-0.3, -0.25) is 14.1 Å². The fourth-order valence-corrected chi connectivity index (χ4v) is 7.34. The zero-order valence-corrected chi connectivity index (χ0v) is 38.8. The number of allylic oxidation sites excluding steroid dienone is 12. The number of hydrogen-bond donors (Lipinski definition) is 4. The lowest BCUT2D eigenvalue weighted by Crippen LogP contribution is -2.60. The van der Waals surface area contributed by atoms with Crippen molar-refractivity contribution in [3.63, 3.8) is 0 Å². The summed E-state index contributed by atoms with van der Waals surface area (Å²) in [4.78, 5) is 25.4. The van der Waals surface area contributed by atoms with Gasteiger partial charge < -0.3 is 34.3 Å². The second-order valence-corrected chi connectivity index (χ2v) is 17.5. The molecule has 0 bridgehead atoms. The Bertz CT molecular complexity index is 1420. The minimum atomic E-state index is -4.61. The van der Waals surface area contributed by atoms with Gasteiger partial charge in [0.15, 0.2) is 12.4 Å². The van der Waals surface area contributed by atoms with E-state index >= 15 is 0 Å². The highest BCUT2D eigenvalue weighted by atomic mass is 32.2. The molecule has 13 heteroatoms. The first-order chi connectivity index (χ1) is 30.0. The van der Waals surface area contributed by atoms with Gasteiger partial charge in [-0.05, 0) is 77.0 Å². The van der Waals surface area contributed by atoms with Gasteiger partial charge in [0, 0.05) is 12.8 Å². The summed E-state index contributed by atoms with van der Waals surface area (Å²) in [6.45, 7) is 3.59. The summed E-state index contributed by atoms with van der Waals surface area (Å²) in [5.74, 6) is -2.07. The summed E-state index contributed by atoms with van der Waals surface area (Å²) >= 11 is 0. The van der Waals surface area contributed by atoms with E-state index in [4.69, 9.17) is 18.9 Å². The van der Waals surface area contributed by atoms with Crippen molar-refractivity contribution in [1.82, 2.24) is 0 Å². The van der Waals surface area contributed by atoms with E-state index in [1.807, 2.05) is 12.2 Å². The molecule has 0 aromatic rings. The van der Waals surface area contributed by atoms with Gasteiger partial charge in [-0.25, -0.2) is 0 Å². The molecule has 1 heterocycles. The van der Waals surface area contributed by atoms with Crippen LogP contribution in [0.2, 0.25) is 0 Å². The van der Waals surface area contributed by atoms with Crippen molar-refractivity contribution in [1.29, 1.82) is 0 Å². The van der Waals surface area contributed by atoms with E-state index in [2.05, 4.69) is 74.6 Å². The van der Waals surface area contributed by atoms with Crippen LogP contribution in [-0.4, -0.2) is 96.0 Å².